The smallest absolute Gasteiger partial charge is 0.270 e. The average Bonchev–Trinajstić information content (AvgIpc) is 3.16. The van der Waals surface area contributed by atoms with Crippen LogP contribution < -0.4 is 10.2 Å². The first-order valence-corrected chi connectivity index (χ1v) is 8.03. The zero-order chi connectivity index (χ0) is 15.5. The SMILES string of the molecule is CC(C)CCNC(=O)c1cc(N2CCCC2)n2nccc2n1. The van der Waals surface area contributed by atoms with Crippen molar-refractivity contribution in [2.24, 2.45) is 5.92 Å². The van der Waals surface area contributed by atoms with Gasteiger partial charge < -0.3 is 10.2 Å². The Morgan fingerprint density at radius 3 is 2.86 bits per heavy atom. The number of nitrogens with zero attached hydrogens (tertiary/aromatic N) is 4. The molecule has 3 rings (SSSR count). The zero-order valence-corrected chi connectivity index (χ0v) is 13.2. The number of amides is 1. The van der Waals surface area contributed by atoms with Gasteiger partial charge in [-0.25, -0.2) is 4.98 Å². The van der Waals surface area contributed by atoms with Crippen LogP contribution in [0.5, 0.6) is 0 Å². The third-order valence-corrected chi connectivity index (χ3v) is 4.01. The van der Waals surface area contributed by atoms with Crippen LogP contribution in [0.25, 0.3) is 5.65 Å². The van der Waals surface area contributed by atoms with E-state index in [1.807, 2.05) is 16.6 Å². The maximum absolute atomic E-state index is 12.3. The number of carbonyl (C=O) groups is 1. The Balaban J connectivity index is 1.85. The van der Waals surface area contributed by atoms with Crippen LogP contribution >= 0.6 is 0 Å². The quantitative estimate of drug-likeness (QED) is 0.918. The first-order valence-electron chi connectivity index (χ1n) is 8.03. The van der Waals surface area contributed by atoms with E-state index in [1.54, 1.807) is 6.20 Å². The van der Waals surface area contributed by atoms with Crippen LogP contribution in [0.1, 0.15) is 43.6 Å². The Kier molecular flexibility index (Phi) is 4.27. The van der Waals surface area contributed by atoms with Crippen molar-refractivity contribution in [2.45, 2.75) is 33.1 Å². The Labute approximate surface area is 130 Å². The summed E-state index contributed by atoms with van der Waals surface area (Å²) in [5.74, 6) is 1.43. The Bertz CT molecular complexity index is 658. The van der Waals surface area contributed by atoms with Crippen molar-refractivity contribution in [1.82, 2.24) is 19.9 Å². The van der Waals surface area contributed by atoms with Crippen LogP contribution in [0.15, 0.2) is 18.3 Å². The van der Waals surface area contributed by atoms with E-state index < -0.39 is 0 Å². The van der Waals surface area contributed by atoms with Gasteiger partial charge in [-0.3, -0.25) is 4.79 Å². The van der Waals surface area contributed by atoms with Crippen molar-refractivity contribution in [2.75, 3.05) is 24.5 Å². The number of hydrogen-bond donors (Lipinski definition) is 1. The summed E-state index contributed by atoms with van der Waals surface area (Å²) >= 11 is 0. The van der Waals surface area contributed by atoms with Gasteiger partial charge >= 0.3 is 0 Å². The number of hydrogen-bond acceptors (Lipinski definition) is 4. The number of rotatable bonds is 5. The Hall–Kier alpha value is -2.11. The maximum atomic E-state index is 12.3. The fourth-order valence-corrected chi connectivity index (χ4v) is 2.75. The van der Waals surface area contributed by atoms with Gasteiger partial charge in [0, 0.05) is 31.8 Å². The molecule has 22 heavy (non-hydrogen) atoms. The summed E-state index contributed by atoms with van der Waals surface area (Å²) in [6.45, 7) is 6.99. The van der Waals surface area contributed by atoms with Gasteiger partial charge in [0.2, 0.25) is 0 Å². The van der Waals surface area contributed by atoms with Crippen LogP contribution in [0.2, 0.25) is 0 Å². The number of aromatic nitrogens is 3. The summed E-state index contributed by atoms with van der Waals surface area (Å²) in [6, 6.07) is 3.69. The first kappa shape index (κ1) is 14.8. The van der Waals surface area contributed by atoms with Gasteiger partial charge in [0.1, 0.15) is 11.5 Å². The monoisotopic (exact) mass is 301 g/mol. The second kappa shape index (κ2) is 6.34. The van der Waals surface area contributed by atoms with E-state index in [4.69, 9.17) is 0 Å². The van der Waals surface area contributed by atoms with E-state index in [0.29, 0.717) is 18.2 Å². The zero-order valence-electron chi connectivity index (χ0n) is 13.2. The van der Waals surface area contributed by atoms with Gasteiger partial charge in [0.15, 0.2) is 5.65 Å². The van der Waals surface area contributed by atoms with Gasteiger partial charge in [-0.1, -0.05) is 13.8 Å². The van der Waals surface area contributed by atoms with Crippen molar-refractivity contribution in [3.05, 3.63) is 24.0 Å². The molecule has 3 heterocycles. The van der Waals surface area contributed by atoms with Crippen molar-refractivity contribution in [1.29, 1.82) is 0 Å². The van der Waals surface area contributed by atoms with E-state index in [2.05, 4.69) is 34.1 Å². The molecule has 1 aliphatic rings. The number of carbonyl (C=O) groups excluding carboxylic acids is 1. The minimum absolute atomic E-state index is 0.107. The highest BCUT2D eigenvalue weighted by Crippen LogP contribution is 2.21. The third-order valence-electron chi connectivity index (χ3n) is 4.01. The van der Waals surface area contributed by atoms with Crippen LogP contribution in [0, 0.1) is 5.92 Å². The molecule has 0 saturated carbocycles. The molecule has 0 aliphatic carbocycles. The van der Waals surface area contributed by atoms with E-state index in [0.717, 1.165) is 31.0 Å². The lowest BCUT2D eigenvalue weighted by Gasteiger charge is -2.19. The molecular weight excluding hydrogens is 278 g/mol. The van der Waals surface area contributed by atoms with Crippen LogP contribution in [0.4, 0.5) is 5.82 Å². The molecule has 1 fully saturated rings. The molecule has 2 aromatic rings. The van der Waals surface area contributed by atoms with E-state index in [9.17, 15) is 4.79 Å². The van der Waals surface area contributed by atoms with Gasteiger partial charge in [0.05, 0.1) is 6.20 Å². The maximum Gasteiger partial charge on any atom is 0.270 e. The fourth-order valence-electron chi connectivity index (χ4n) is 2.75. The van der Waals surface area contributed by atoms with Crippen molar-refractivity contribution in [3.63, 3.8) is 0 Å². The molecule has 0 bridgehead atoms. The summed E-state index contributed by atoms with van der Waals surface area (Å²) in [4.78, 5) is 19.0. The fraction of sp³-hybridized carbons (Fsp3) is 0.562. The van der Waals surface area contributed by atoms with Crippen molar-refractivity contribution < 1.29 is 4.79 Å². The average molecular weight is 301 g/mol. The minimum Gasteiger partial charge on any atom is -0.356 e. The molecule has 118 valence electrons. The number of fused-ring (bicyclic) bond motifs is 1. The predicted molar refractivity (Wildman–Crippen MR) is 86.2 cm³/mol. The summed E-state index contributed by atoms with van der Waals surface area (Å²) < 4.78 is 1.82. The van der Waals surface area contributed by atoms with Crippen molar-refractivity contribution in [3.8, 4) is 0 Å². The first-order chi connectivity index (χ1) is 10.6. The molecule has 2 aromatic heterocycles. The molecule has 6 heteroatoms. The summed E-state index contributed by atoms with van der Waals surface area (Å²) in [5, 5.41) is 7.29. The standard InChI is InChI=1S/C16H23N5O/c1-12(2)5-7-17-16(22)13-11-15(20-9-3-4-10-20)21-14(19-13)6-8-18-21/h6,8,11-12H,3-5,7,9-10H2,1-2H3,(H,17,22). The molecule has 0 atom stereocenters. The highest BCUT2D eigenvalue weighted by molar-refractivity contribution is 5.93. The molecule has 1 amide bonds. The molecule has 0 radical (unpaired) electrons. The minimum atomic E-state index is -0.107. The largest absolute Gasteiger partial charge is 0.356 e. The van der Waals surface area contributed by atoms with E-state index in [-0.39, 0.29) is 5.91 Å². The molecule has 0 spiro atoms. The lowest BCUT2D eigenvalue weighted by atomic mass is 10.1. The van der Waals surface area contributed by atoms with E-state index >= 15 is 0 Å². The van der Waals surface area contributed by atoms with Crippen LogP contribution in [0.3, 0.4) is 0 Å². The molecule has 6 nitrogen and oxygen atoms in total. The van der Waals surface area contributed by atoms with E-state index in [1.165, 1.54) is 12.8 Å². The summed E-state index contributed by atoms with van der Waals surface area (Å²) in [5.41, 5.74) is 1.19. The molecule has 0 unspecified atom stereocenters. The number of nitrogens with one attached hydrogen (secondary N) is 1. The lowest BCUT2D eigenvalue weighted by molar-refractivity contribution is 0.0947. The summed E-state index contributed by atoms with van der Waals surface area (Å²) in [6.07, 6.45) is 5.06. The third kappa shape index (κ3) is 3.05. The van der Waals surface area contributed by atoms with Gasteiger partial charge in [-0.2, -0.15) is 9.61 Å². The predicted octanol–water partition coefficient (Wildman–Crippen LogP) is 2.11. The molecule has 1 saturated heterocycles. The lowest BCUT2D eigenvalue weighted by Crippen LogP contribution is -2.28. The normalized spacial score (nSPS) is 15.0. The topological polar surface area (TPSA) is 62.5 Å². The van der Waals surface area contributed by atoms with Gasteiger partial charge in [0.25, 0.3) is 5.91 Å². The second-order valence-electron chi connectivity index (χ2n) is 6.23. The highest BCUT2D eigenvalue weighted by Gasteiger charge is 2.19. The van der Waals surface area contributed by atoms with Gasteiger partial charge in [-0.15, -0.1) is 0 Å². The van der Waals surface area contributed by atoms with Crippen LogP contribution in [-0.4, -0.2) is 40.1 Å². The molecule has 0 aromatic carbocycles. The molecular formula is C16H23N5O. The Morgan fingerprint density at radius 1 is 1.36 bits per heavy atom. The molecule has 1 N–H and O–H groups in total. The summed E-state index contributed by atoms with van der Waals surface area (Å²) in [7, 11) is 0. The Morgan fingerprint density at radius 2 is 2.14 bits per heavy atom. The highest BCUT2D eigenvalue weighted by atomic mass is 16.1. The van der Waals surface area contributed by atoms with Crippen molar-refractivity contribution >= 4 is 17.4 Å². The number of anilines is 1. The molecule has 1 aliphatic heterocycles. The van der Waals surface area contributed by atoms with Crippen LogP contribution in [-0.2, 0) is 0 Å². The van der Waals surface area contributed by atoms with Gasteiger partial charge in [-0.05, 0) is 25.2 Å². The second-order valence-corrected chi connectivity index (χ2v) is 6.23.